The molecule has 0 bridgehead atoms. The highest BCUT2D eigenvalue weighted by molar-refractivity contribution is 5.70. The number of aldehydes is 1. The average molecular weight is 189 g/mol. The minimum absolute atomic E-state index is 0.185. The number of aromatic nitrogens is 3. The Morgan fingerprint density at radius 1 is 1.29 bits per heavy atom. The highest BCUT2D eigenvalue weighted by Gasteiger charge is 2.00. The number of phenolic OH excluding ortho intramolecular Hbond substituents is 1. The Morgan fingerprint density at radius 2 is 2.00 bits per heavy atom. The van der Waals surface area contributed by atoms with Crippen LogP contribution in [-0.4, -0.2) is 26.4 Å². The van der Waals surface area contributed by atoms with Crippen LogP contribution in [0.25, 0.3) is 5.69 Å². The fourth-order valence-electron chi connectivity index (χ4n) is 1.06. The highest BCUT2D eigenvalue weighted by Crippen LogP contribution is 2.12. The van der Waals surface area contributed by atoms with E-state index in [1.54, 1.807) is 12.1 Å². The van der Waals surface area contributed by atoms with Gasteiger partial charge in [-0.3, -0.25) is 4.79 Å². The monoisotopic (exact) mass is 189 g/mol. The molecule has 0 unspecified atom stereocenters. The molecular weight excluding hydrogens is 182 g/mol. The summed E-state index contributed by atoms with van der Waals surface area (Å²) >= 11 is 0. The number of hydrogen-bond donors (Lipinski definition) is 1. The first kappa shape index (κ1) is 8.43. The average Bonchev–Trinajstić information content (AvgIpc) is 2.67. The van der Waals surface area contributed by atoms with Gasteiger partial charge in [-0.05, 0) is 24.3 Å². The van der Waals surface area contributed by atoms with Crippen LogP contribution in [0.4, 0.5) is 0 Å². The van der Waals surface area contributed by atoms with Crippen molar-refractivity contribution in [1.82, 2.24) is 15.0 Å². The zero-order chi connectivity index (χ0) is 9.97. The molecule has 0 saturated heterocycles. The molecule has 0 amide bonds. The molecule has 2 rings (SSSR count). The van der Waals surface area contributed by atoms with E-state index in [2.05, 4.69) is 10.3 Å². The van der Waals surface area contributed by atoms with Crippen molar-refractivity contribution in [3.63, 3.8) is 0 Å². The van der Waals surface area contributed by atoms with Gasteiger partial charge in [0, 0.05) is 0 Å². The summed E-state index contributed by atoms with van der Waals surface area (Å²) in [5, 5.41) is 16.4. The van der Waals surface area contributed by atoms with Crippen LogP contribution >= 0.6 is 0 Å². The lowest BCUT2D eigenvalue weighted by Crippen LogP contribution is -1.93. The molecule has 0 fully saturated rings. The minimum Gasteiger partial charge on any atom is -0.508 e. The smallest absolute Gasteiger partial charge is 0.171 e. The van der Waals surface area contributed by atoms with Crippen molar-refractivity contribution in [2.75, 3.05) is 0 Å². The Bertz CT molecular complexity index is 447. The quantitative estimate of drug-likeness (QED) is 0.709. The van der Waals surface area contributed by atoms with Crippen LogP contribution in [0.5, 0.6) is 5.75 Å². The fourth-order valence-corrected chi connectivity index (χ4v) is 1.06. The van der Waals surface area contributed by atoms with Crippen LogP contribution < -0.4 is 0 Å². The molecule has 0 spiro atoms. The van der Waals surface area contributed by atoms with Crippen LogP contribution in [-0.2, 0) is 0 Å². The Labute approximate surface area is 79.6 Å². The molecule has 0 atom stereocenters. The molecule has 1 N–H and O–H groups in total. The molecule has 70 valence electrons. The van der Waals surface area contributed by atoms with Gasteiger partial charge in [0.15, 0.2) is 6.29 Å². The van der Waals surface area contributed by atoms with Crippen molar-refractivity contribution in [3.05, 3.63) is 36.2 Å². The zero-order valence-corrected chi connectivity index (χ0v) is 7.16. The summed E-state index contributed by atoms with van der Waals surface area (Å²) in [5.41, 5.74) is 1.02. The number of carbonyl (C=O) groups is 1. The van der Waals surface area contributed by atoms with Crippen LogP contribution in [0.3, 0.4) is 0 Å². The molecule has 0 saturated carbocycles. The van der Waals surface area contributed by atoms with Gasteiger partial charge in [0.25, 0.3) is 0 Å². The van der Waals surface area contributed by atoms with Crippen LogP contribution in [0.1, 0.15) is 10.5 Å². The Morgan fingerprint density at radius 3 is 2.57 bits per heavy atom. The topological polar surface area (TPSA) is 68.0 Å². The summed E-state index contributed by atoms with van der Waals surface area (Å²) in [6.45, 7) is 0. The van der Waals surface area contributed by atoms with Gasteiger partial charge >= 0.3 is 0 Å². The molecule has 5 nitrogen and oxygen atoms in total. The standard InChI is InChI=1S/C9H7N3O2/c13-6-7-5-12(11-10-7)8-1-3-9(14)4-2-8/h1-6,14H. The number of hydrogen-bond acceptors (Lipinski definition) is 4. The SMILES string of the molecule is O=Cc1cn(-c2ccc(O)cc2)nn1. The van der Waals surface area contributed by atoms with Gasteiger partial charge < -0.3 is 5.11 Å². The molecule has 2 aromatic rings. The van der Waals surface area contributed by atoms with E-state index < -0.39 is 0 Å². The van der Waals surface area contributed by atoms with Gasteiger partial charge in [0.1, 0.15) is 11.4 Å². The van der Waals surface area contributed by atoms with Gasteiger partial charge in [0.05, 0.1) is 11.9 Å². The van der Waals surface area contributed by atoms with Gasteiger partial charge in [-0.1, -0.05) is 5.21 Å². The summed E-state index contributed by atoms with van der Waals surface area (Å²) in [6.07, 6.45) is 2.14. The second-order valence-corrected chi connectivity index (χ2v) is 2.72. The number of phenols is 1. The lowest BCUT2D eigenvalue weighted by atomic mass is 10.3. The third-order valence-corrected chi connectivity index (χ3v) is 1.75. The lowest BCUT2D eigenvalue weighted by Gasteiger charge is -1.98. The Hall–Kier alpha value is -2.17. The summed E-state index contributed by atoms with van der Waals surface area (Å²) in [4.78, 5) is 10.3. The zero-order valence-electron chi connectivity index (χ0n) is 7.16. The van der Waals surface area contributed by atoms with E-state index in [0.29, 0.717) is 6.29 Å². The first-order chi connectivity index (χ1) is 6.79. The number of rotatable bonds is 2. The maximum atomic E-state index is 10.3. The molecule has 1 aromatic heterocycles. The van der Waals surface area contributed by atoms with Crippen molar-refractivity contribution in [2.45, 2.75) is 0 Å². The molecule has 0 aliphatic heterocycles. The lowest BCUT2D eigenvalue weighted by molar-refractivity contribution is 0.111. The first-order valence-electron chi connectivity index (χ1n) is 3.96. The predicted molar refractivity (Wildman–Crippen MR) is 48.4 cm³/mol. The number of nitrogens with zero attached hydrogens (tertiary/aromatic N) is 3. The molecule has 5 heteroatoms. The Kier molecular flexibility index (Phi) is 1.98. The summed E-state index contributed by atoms with van der Waals surface area (Å²) < 4.78 is 1.46. The van der Waals surface area contributed by atoms with E-state index in [1.807, 2.05) is 0 Å². The number of benzene rings is 1. The normalized spacial score (nSPS) is 10.0. The molecule has 0 aliphatic rings. The van der Waals surface area contributed by atoms with Crippen molar-refractivity contribution in [2.24, 2.45) is 0 Å². The van der Waals surface area contributed by atoms with Crippen molar-refractivity contribution in [3.8, 4) is 11.4 Å². The van der Waals surface area contributed by atoms with E-state index in [0.717, 1.165) is 5.69 Å². The van der Waals surface area contributed by atoms with E-state index in [9.17, 15) is 4.79 Å². The first-order valence-corrected chi connectivity index (χ1v) is 3.96. The van der Waals surface area contributed by atoms with Crippen LogP contribution in [0, 0.1) is 0 Å². The third kappa shape index (κ3) is 1.47. The van der Waals surface area contributed by atoms with Gasteiger partial charge in [-0.15, -0.1) is 5.10 Å². The second-order valence-electron chi connectivity index (χ2n) is 2.72. The summed E-state index contributed by atoms with van der Waals surface area (Å²) in [7, 11) is 0. The molecule has 14 heavy (non-hydrogen) atoms. The maximum absolute atomic E-state index is 10.3. The molecule has 0 aliphatic carbocycles. The van der Waals surface area contributed by atoms with E-state index in [-0.39, 0.29) is 11.4 Å². The van der Waals surface area contributed by atoms with E-state index in [1.165, 1.54) is 23.0 Å². The third-order valence-electron chi connectivity index (χ3n) is 1.75. The molecule has 1 aromatic carbocycles. The van der Waals surface area contributed by atoms with Gasteiger partial charge in [-0.2, -0.15) is 0 Å². The van der Waals surface area contributed by atoms with Crippen molar-refractivity contribution < 1.29 is 9.90 Å². The summed E-state index contributed by atoms with van der Waals surface area (Å²) in [6, 6.07) is 6.44. The van der Waals surface area contributed by atoms with Gasteiger partial charge in [0.2, 0.25) is 0 Å². The second kappa shape index (κ2) is 3.29. The minimum atomic E-state index is 0.185. The molecule has 1 heterocycles. The predicted octanol–water partition coefficient (Wildman–Crippen LogP) is 0.785. The highest BCUT2D eigenvalue weighted by atomic mass is 16.3. The van der Waals surface area contributed by atoms with Crippen LogP contribution in [0.15, 0.2) is 30.5 Å². The fraction of sp³-hybridized carbons (Fsp3) is 0. The maximum Gasteiger partial charge on any atom is 0.171 e. The number of aromatic hydroxyl groups is 1. The molecular formula is C9H7N3O2. The van der Waals surface area contributed by atoms with Gasteiger partial charge in [-0.25, -0.2) is 4.68 Å². The Balaban J connectivity index is 2.39. The van der Waals surface area contributed by atoms with E-state index >= 15 is 0 Å². The summed E-state index contributed by atoms with van der Waals surface area (Å²) in [5.74, 6) is 0.185. The van der Waals surface area contributed by atoms with Crippen molar-refractivity contribution in [1.29, 1.82) is 0 Å². The largest absolute Gasteiger partial charge is 0.508 e. The number of carbonyl (C=O) groups excluding carboxylic acids is 1. The van der Waals surface area contributed by atoms with Crippen molar-refractivity contribution >= 4 is 6.29 Å². The molecule has 0 radical (unpaired) electrons. The van der Waals surface area contributed by atoms with Crippen LogP contribution in [0.2, 0.25) is 0 Å². The van der Waals surface area contributed by atoms with E-state index in [4.69, 9.17) is 5.11 Å².